The van der Waals surface area contributed by atoms with Gasteiger partial charge in [0.25, 0.3) is 0 Å². The molecule has 1 fully saturated rings. The van der Waals surface area contributed by atoms with Crippen LogP contribution in [0.4, 0.5) is 5.82 Å². The Morgan fingerprint density at radius 2 is 2.03 bits per heavy atom. The number of anilines is 1. The number of sulfone groups is 1. The highest BCUT2D eigenvalue weighted by atomic mass is 127. The first kappa shape index (κ1) is 24.8. The number of aliphatic hydroxyl groups excluding tert-OH is 1. The summed E-state index contributed by atoms with van der Waals surface area (Å²) in [6.45, 7) is 5.89. The number of hydrogen-bond donors (Lipinski definition) is 2. The van der Waals surface area contributed by atoms with Gasteiger partial charge in [-0.15, -0.1) is 35.3 Å². The van der Waals surface area contributed by atoms with E-state index >= 15 is 0 Å². The number of halogens is 1. The lowest BCUT2D eigenvalue weighted by Gasteiger charge is -2.37. The van der Waals surface area contributed by atoms with Crippen molar-refractivity contribution in [2.45, 2.75) is 17.2 Å². The van der Waals surface area contributed by atoms with Crippen molar-refractivity contribution in [3.8, 4) is 0 Å². The number of piperazine rings is 1. The van der Waals surface area contributed by atoms with Crippen LogP contribution in [0.15, 0.2) is 51.1 Å². The summed E-state index contributed by atoms with van der Waals surface area (Å²) >= 11 is 1.16. The number of guanidine groups is 1. The van der Waals surface area contributed by atoms with E-state index in [1.165, 1.54) is 0 Å². The van der Waals surface area contributed by atoms with E-state index in [0.29, 0.717) is 12.5 Å². The molecule has 1 atom stereocenters. The van der Waals surface area contributed by atoms with E-state index in [0.717, 1.165) is 43.3 Å². The summed E-state index contributed by atoms with van der Waals surface area (Å²) < 4.78 is 24.9. The zero-order chi connectivity index (χ0) is 20.7. The van der Waals surface area contributed by atoms with E-state index in [9.17, 15) is 13.5 Å². The van der Waals surface area contributed by atoms with Gasteiger partial charge in [0, 0.05) is 38.9 Å². The van der Waals surface area contributed by atoms with Crippen molar-refractivity contribution >= 4 is 56.9 Å². The van der Waals surface area contributed by atoms with Crippen molar-refractivity contribution < 1.29 is 13.5 Å². The van der Waals surface area contributed by atoms with Crippen molar-refractivity contribution in [3.63, 3.8) is 0 Å². The van der Waals surface area contributed by atoms with Crippen LogP contribution in [0, 0.1) is 0 Å². The third kappa shape index (κ3) is 6.79. The lowest BCUT2D eigenvalue weighted by Crippen LogP contribution is -2.53. The van der Waals surface area contributed by atoms with Crippen LogP contribution in [0.25, 0.3) is 0 Å². The van der Waals surface area contributed by atoms with Gasteiger partial charge in [-0.3, -0.25) is 4.99 Å². The van der Waals surface area contributed by atoms with E-state index < -0.39 is 15.9 Å². The van der Waals surface area contributed by atoms with Crippen LogP contribution in [-0.4, -0.2) is 80.5 Å². The summed E-state index contributed by atoms with van der Waals surface area (Å²) in [4.78, 5) is 13.2. The Morgan fingerprint density at radius 1 is 1.27 bits per heavy atom. The molecule has 0 radical (unpaired) electrons. The van der Waals surface area contributed by atoms with Crippen LogP contribution in [0.2, 0.25) is 0 Å². The molecule has 1 aliphatic heterocycles. The number of aliphatic hydroxyl groups is 1. The zero-order valence-electron chi connectivity index (χ0n) is 16.8. The first-order valence-corrected chi connectivity index (χ1v) is 12.2. The molecule has 30 heavy (non-hydrogen) atoms. The minimum Gasteiger partial charge on any atom is -0.390 e. The fourth-order valence-corrected chi connectivity index (χ4v) is 5.60. The molecule has 0 bridgehead atoms. The Balaban J connectivity index is 0.00000320. The van der Waals surface area contributed by atoms with Crippen LogP contribution < -0.4 is 10.2 Å². The maximum absolute atomic E-state index is 12.3. The highest BCUT2D eigenvalue weighted by Gasteiger charge is 2.23. The highest BCUT2D eigenvalue weighted by molar-refractivity contribution is 14.0. The number of rotatable bonds is 7. The maximum Gasteiger partial charge on any atom is 0.194 e. The predicted octanol–water partition coefficient (Wildman–Crippen LogP) is 1.68. The monoisotopic (exact) mass is 565 g/mol. The van der Waals surface area contributed by atoms with Gasteiger partial charge in [-0.05, 0) is 30.5 Å². The van der Waals surface area contributed by atoms with Crippen LogP contribution in [0.3, 0.4) is 0 Å². The van der Waals surface area contributed by atoms with E-state index in [1.807, 2.05) is 25.1 Å². The minimum atomic E-state index is -3.49. The second kappa shape index (κ2) is 11.8. The third-order valence-electron chi connectivity index (χ3n) is 4.55. The molecule has 0 aliphatic carbocycles. The van der Waals surface area contributed by atoms with Gasteiger partial charge in [-0.2, -0.15) is 0 Å². The van der Waals surface area contributed by atoms with E-state index in [2.05, 4.69) is 25.1 Å². The predicted molar refractivity (Wildman–Crippen MR) is 132 cm³/mol. The van der Waals surface area contributed by atoms with Gasteiger partial charge in [0.05, 0.1) is 18.4 Å². The lowest BCUT2D eigenvalue weighted by atomic mass is 10.3. The number of pyridine rings is 1. The number of thiophene rings is 1. The number of aromatic nitrogens is 1. The van der Waals surface area contributed by atoms with Crippen LogP contribution >= 0.6 is 35.3 Å². The molecule has 1 aliphatic rings. The van der Waals surface area contributed by atoms with Crippen LogP contribution in [-0.2, 0) is 9.84 Å². The first-order chi connectivity index (χ1) is 14.0. The van der Waals surface area contributed by atoms with Gasteiger partial charge in [-0.25, -0.2) is 13.4 Å². The molecule has 2 N–H and O–H groups in total. The molecule has 1 saturated heterocycles. The Hall–Kier alpha value is -1.44. The fraction of sp³-hybridized carbons (Fsp3) is 0.474. The van der Waals surface area contributed by atoms with Gasteiger partial charge in [0.2, 0.25) is 0 Å². The average molecular weight is 566 g/mol. The van der Waals surface area contributed by atoms with Gasteiger partial charge < -0.3 is 20.2 Å². The average Bonchev–Trinajstić information content (AvgIpc) is 3.28. The van der Waals surface area contributed by atoms with Crippen molar-refractivity contribution in [1.82, 2.24) is 15.2 Å². The summed E-state index contributed by atoms with van der Waals surface area (Å²) in [5.41, 5.74) is 0. The molecule has 0 saturated carbocycles. The minimum absolute atomic E-state index is 0. The smallest absolute Gasteiger partial charge is 0.194 e. The Morgan fingerprint density at radius 3 is 2.63 bits per heavy atom. The summed E-state index contributed by atoms with van der Waals surface area (Å²) in [5.74, 6) is 1.33. The highest BCUT2D eigenvalue weighted by Crippen LogP contribution is 2.18. The van der Waals surface area contributed by atoms with Crippen LogP contribution in [0.1, 0.15) is 6.92 Å². The van der Waals surface area contributed by atoms with E-state index in [4.69, 9.17) is 0 Å². The number of hydrogen-bond acceptors (Lipinski definition) is 7. The summed E-state index contributed by atoms with van der Waals surface area (Å²) in [6, 6.07) is 9.13. The fourth-order valence-electron chi connectivity index (χ4n) is 3.13. The molecule has 8 nitrogen and oxygen atoms in total. The maximum atomic E-state index is 12.3. The standard InChI is InChI=1S/C19H27N5O3S2.HI/c1-2-20-19(22-14-16(25)15-29(26,27)18-7-5-13-28-18)24-11-9-23(10-12-24)17-6-3-4-8-21-17;/h3-8,13,16,25H,2,9-12,14-15H2,1H3,(H,20,22);1H. The molecule has 0 aromatic carbocycles. The van der Waals surface area contributed by atoms with Gasteiger partial charge in [-0.1, -0.05) is 12.1 Å². The molecular weight excluding hydrogens is 537 g/mol. The van der Waals surface area contributed by atoms with Crippen molar-refractivity contribution in [1.29, 1.82) is 0 Å². The number of nitrogens with one attached hydrogen (secondary N) is 1. The second-order valence-corrected chi connectivity index (χ2v) is 9.93. The molecule has 3 heterocycles. The zero-order valence-corrected chi connectivity index (χ0v) is 20.8. The molecule has 1 unspecified atom stereocenters. The Kier molecular flexibility index (Phi) is 9.78. The summed E-state index contributed by atoms with van der Waals surface area (Å²) in [5, 5.41) is 15.2. The largest absolute Gasteiger partial charge is 0.390 e. The molecule has 166 valence electrons. The second-order valence-electron chi connectivity index (χ2n) is 6.72. The van der Waals surface area contributed by atoms with E-state index in [1.54, 1.807) is 23.7 Å². The molecule has 0 spiro atoms. The van der Waals surface area contributed by atoms with Gasteiger partial charge in [0.15, 0.2) is 15.8 Å². The lowest BCUT2D eigenvalue weighted by molar-refractivity contribution is 0.205. The first-order valence-electron chi connectivity index (χ1n) is 9.63. The molecule has 11 heteroatoms. The Labute approximate surface area is 199 Å². The topological polar surface area (TPSA) is 98.1 Å². The number of aliphatic imine (C=N–C) groups is 1. The molecular formula is C19H28IN5O3S2. The third-order valence-corrected chi connectivity index (χ3v) is 7.84. The van der Waals surface area contributed by atoms with Crippen molar-refractivity contribution in [3.05, 3.63) is 41.9 Å². The molecule has 2 aromatic rings. The SMILES string of the molecule is CCNC(=NCC(O)CS(=O)(=O)c1cccs1)N1CCN(c2ccccn2)CC1.I. The van der Waals surface area contributed by atoms with Gasteiger partial charge in [0.1, 0.15) is 10.0 Å². The summed E-state index contributed by atoms with van der Waals surface area (Å²) in [7, 11) is -3.49. The normalized spacial score (nSPS) is 16.1. The molecule has 3 rings (SSSR count). The molecule has 0 amide bonds. The number of nitrogens with zero attached hydrogens (tertiary/aromatic N) is 4. The van der Waals surface area contributed by atoms with Crippen molar-refractivity contribution in [2.75, 3.05) is 49.9 Å². The van der Waals surface area contributed by atoms with Crippen molar-refractivity contribution in [2.24, 2.45) is 4.99 Å². The Bertz CT molecular complexity index is 886. The van der Waals surface area contributed by atoms with Gasteiger partial charge >= 0.3 is 0 Å². The summed E-state index contributed by atoms with van der Waals surface area (Å²) in [6.07, 6.45) is 0.740. The quantitative estimate of drug-likeness (QED) is 0.300. The van der Waals surface area contributed by atoms with E-state index in [-0.39, 0.29) is 40.5 Å². The molecule has 2 aromatic heterocycles. The van der Waals surface area contributed by atoms with Crippen LogP contribution in [0.5, 0.6) is 0 Å².